The first-order chi connectivity index (χ1) is 7.17. The largest absolute Gasteiger partial charge is 0.360 e. The summed E-state index contributed by atoms with van der Waals surface area (Å²) in [6, 6.07) is 8.45. The molecule has 0 fully saturated rings. The van der Waals surface area contributed by atoms with E-state index in [0.717, 1.165) is 5.57 Å². The van der Waals surface area contributed by atoms with Gasteiger partial charge in [-0.3, -0.25) is 0 Å². The Kier molecular flexibility index (Phi) is 4.75. The predicted molar refractivity (Wildman–Crippen MR) is 67.1 cm³/mol. The van der Waals surface area contributed by atoms with Gasteiger partial charge in [-0.2, -0.15) is 0 Å². The van der Waals surface area contributed by atoms with Gasteiger partial charge in [-0.05, 0) is 12.5 Å². The summed E-state index contributed by atoms with van der Waals surface area (Å²) in [7, 11) is 2.83. The Morgan fingerprint density at radius 1 is 1.33 bits per heavy atom. The molecule has 0 aromatic heterocycles. The molecule has 15 heavy (non-hydrogen) atoms. The van der Waals surface area contributed by atoms with Crippen molar-refractivity contribution in [1.29, 1.82) is 0 Å². The average Bonchev–Trinajstić information content (AvgIpc) is 2.26. The van der Waals surface area contributed by atoms with Crippen molar-refractivity contribution in [2.75, 3.05) is 14.2 Å². The van der Waals surface area contributed by atoms with E-state index in [1.807, 2.05) is 6.92 Å². The van der Waals surface area contributed by atoms with Crippen molar-refractivity contribution in [1.82, 2.24) is 0 Å². The van der Waals surface area contributed by atoms with Crippen LogP contribution in [0.3, 0.4) is 0 Å². The van der Waals surface area contributed by atoms with Crippen LogP contribution in [0.25, 0.3) is 5.57 Å². The minimum Gasteiger partial charge on any atom is -0.360 e. The molecule has 1 aromatic rings. The molecule has 0 bridgehead atoms. The Morgan fingerprint density at radius 3 is 2.53 bits per heavy atom. The van der Waals surface area contributed by atoms with Gasteiger partial charge in [0.05, 0.1) is 0 Å². The zero-order valence-electron chi connectivity index (χ0n) is 9.62. The normalized spacial score (nSPS) is 11.5. The number of benzene rings is 1. The molecule has 0 aliphatic heterocycles. The Bertz CT molecular complexity index is 332. The van der Waals surface area contributed by atoms with E-state index in [1.54, 1.807) is 14.2 Å². The molecular formula is C12H18O2Si. The average molecular weight is 222 g/mol. The molecule has 0 saturated carbocycles. The van der Waals surface area contributed by atoms with Gasteiger partial charge in [0.25, 0.3) is 0 Å². The fraction of sp³-hybridized carbons (Fsp3) is 0.333. The zero-order valence-corrected chi connectivity index (χ0v) is 11.0. The van der Waals surface area contributed by atoms with Crippen molar-refractivity contribution in [2.24, 2.45) is 0 Å². The number of allylic oxidation sites excluding steroid dienone is 1. The molecule has 1 rings (SSSR count). The van der Waals surface area contributed by atoms with Gasteiger partial charge in [-0.1, -0.05) is 41.6 Å². The van der Waals surface area contributed by atoms with Gasteiger partial charge in [-0.25, -0.2) is 0 Å². The molecule has 82 valence electrons. The summed E-state index contributed by atoms with van der Waals surface area (Å²) in [5.74, 6) is -0.0367. The Labute approximate surface area is 93.7 Å². The molecule has 0 unspecified atom stereocenters. The number of hydrogen-bond donors (Lipinski definition) is 0. The first-order valence-electron chi connectivity index (χ1n) is 4.97. The third-order valence-electron chi connectivity index (χ3n) is 2.35. The Balaban J connectivity index is 2.77. The second kappa shape index (κ2) is 5.85. The van der Waals surface area contributed by atoms with Gasteiger partial charge in [0, 0.05) is 14.2 Å². The van der Waals surface area contributed by atoms with Crippen LogP contribution in [0.2, 0.25) is 0 Å². The molecule has 0 saturated heterocycles. The van der Waals surface area contributed by atoms with Crippen molar-refractivity contribution >= 4 is 20.3 Å². The van der Waals surface area contributed by atoms with Crippen LogP contribution in [0, 0.1) is 0 Å². The summed E-state index contributed by atoms with van der Waals surface area (Å²) in [4.78, 5) is 0. The lowest BCUT2D eigenvalue weighted by Gasteiger charge is -2.13. The third-order valence-corrected chi connectivity index (χ3v) is 4.26. The van der Waals surface area contributed by atoms with Gasteiger partial charge in [-0.15, -0.1) is 0 Å². The minimum atomic E-state index is -0.536. The summed E-state index contributed by atoms with van der Waals surface area (Å²) < 4.78 is 10.4. The summed E-state index contributed by atoms with van der Waals surface area (Å²) in [6.45, 7) is 5.96. The molecule has 2 nitrogen and oxygen atoms in total. The zero-order chi connectivity index (χ0) is 11.3. The summed E-state index contributed by atoms with van der Waals surface area (Å²) in [5, 5.41) is 1.34. The van der Waals surface area contributed by atoms with Crippen LogP contribution in [-0.2, 0) is 9.47 Å². The highest BCUT2D eigenvalue weighted by Gasteiger charge is 2.07. The van der Waals surface area contributed by atoms with Crippen molar-refractivity contribution in [2.45, 2.75) is 12.8 Å². The fourth-order valence-electron chi connectivity index (χ4n) is 1.42. The van der Waals surface area contributed by atoms with Crippen LogP contribution in [-0.4, -0.2) is 29.7 Å². The maximum Gasteiger partial charge on any atom is 0.139 e. The smallest absolute Gasteiger partial charge is 0.139 e. The van der Waals surface area contributed by atoms with Gasteiger partial charge < -0.3 is 9.47 Å². The van der Waals surface area contributed by atoms with Crippen LogP contribution in [0.1, 0.15) is 12.5 Å². The lowest BCUT2D eigenvalue weighted by Crippen LogP contribution is -2.31. The highest BCUT2D eigenvalue weighted by molar-refractivity contribution is 6.54. The first-order valence-corrected chi connectivity index (χ1v) is 6.50. The molecule has 0 spiro atoms. The lowest BCUT2D eigenvalue weighted by atomic mass is 10.1. The van der Waals surface area contributed by atoms with Crippen LogP contribution in [0.15, 0.2) is 30.8 Å². The van der Waals surface area contributed by atoms with E-state index in [1.165, 1.54) is 10.8 Å². The van der Waals surface area contributed by atoms with E-state index < -0.39 is 9.52 Å². The van der Waals surface area contributed by atoms with Crippen LogP contribution in [0.5, 0.6) is 0 Å². The first kappa shape index (κ1) is 12.2. The molecule has 0 amide bonds. The van der Waals surface area contributed by atoms with Crippen LogP contribution < -0.4 is 5.19 Å². The van der Waals surface area contributed by atoms with E-state index in [9.17, 15) is 0 Å². The molecule has 0 N–H and O–H groups in total. The molecule has 0 aliphatic rings. The maximum absolute atomic E-state index is 5.22. The maximum atomic E-state index is 5.22. The van der Waals surface area contributed by atoms with Gasteiger partial charge in [0.15, 0.2) is 0 Å². The van der Waals surface area contributed by atoms with E-state index in [2.05, 4.69) is 30.8 Å². The van der Waals surface area contributed by atoms with Gasteiger partial charge >= 0.3 is 0 Å². The minimum absolute atomic E-state index is 0.0367. The van der Waals surface area contributed by atoms with Gasteiger partial charge in [0.2, 0.25) is 0 Å². The molecule has 0 heterocycles. The SMILES string of the molecule is C=C(C)c1cccc([SiH2]C(OC)OC)c1. The second-order valence-corrected chi connectivity index (χ2v) is 5.48. The molecule has 0 aliphatic carbocycles. The number of hydrogen-bond acceptors (Lipinski definition) is 2. The van der Waals surface area contributed by atoms with E-state index >= 15 is 0 Å². The summed E-state index contributed by atoms with van der Waals surface area (Å²) in [6.07, 6.45) is 0. The Morgan fingerprint density at radius 2 is 2.00 bits per heavy atom. The quantitative estimate of drug-likeness (QED) is 0.548. The number of ether oxygens (including phenoxy) is 2. The van der Waals surface area contributed by atoms with Crippen LogP contribution >= 0.6 is 0 Å². The lowest BCUT2D eigenvalue weighted by molar-refractivity contribution is -0.0429. The highest BCUT2D eigenvalue weighted by atomic mass is 28.2. The predicted octanol–water partition coefficient (Wildman–Crippen LogP) is 1.09. The Hall–Kier alpha value is -0.903. The van der Waals surface area contributed by atoms with Crippen molar-refractivity contribution in [3.8, 4) is 0 Å². The van der Waals surface area contributed by atoms with E-state index in [0.29, 0.717) is 0 Å². The van der Waals surface area contributed by atoms with E-state index in [-0.39, 0.29) is 5.91 Å². The second-order valence-electron chi connectivity index (χ2n) is 3.59. The molecule has 0 atom stereocenters. The van der Waals surface area contributed by atoms with Crippen molar-refractivity contribution in [3.05, 3.63) is 36.4 Å². The highest BCUT2D eigenvalue weighted by Crippen LogP contribution is 2.08. The fourth-order valence-corrected chi connectivity index (χ4v) is 2.75. The monoisotopic (exact) mass is 222 g/mol. The number of rotatable bonds is 5. The topological polar surface area (TPSA) is 18.5 Å². The molecular weight excluding hydrogens is 204 g/mol. The molecule has 0 radical (unpaired) electrons. The van der Waals surface area contributed by atoms with Crippen molar-refractivity contribution in [3.63, 3.8) is 0 Å². The standard InChI is InChI=1S/C12H18O2Si/c1-9(2)10-6-5-7-11(8-10)15-12(13-3)14-4/h5-8,12H,1,15H2,2-4H3. The molecule has 1 aromatic carbocycles. The van der Waals surface area contributed by atoms with Gasteiger partial charge in [0.1, 0.15) is 15.4 Å². The van der Waals surface area contributed by atoms with E-state index in [4.69, 9.17) is 9.47 Å². The molecule has 3 heteroatoms. The van der Waals surface area contributed by atoms with Crippen molar-refractivity contribution < 1.29 is 9.47 Å². The van der Waals surface area contributed by atoms with Crippen LogP contribution in [0.4, 0.5) is 0 Å². The number of methoxy groups -OCH3 is 2. The summed E-state index contributed by atoms with van der Waals surface area (Å²) >= 11 is 0. The third kappa shape index (κ3) is 3.62. The summed E-state index contributed by atoms with van der Waals surface area (Å²) in [5.41, 5.74) is 2.29.